The van der Waals surface area contributed by atoms with Crippen molar-refractivity contribution in [2.45, 2.75) is 33.4 Å². The molecule has 0 aliphatic carbocycles. The highest BCUT2D eigenvalue weighted by atomic mass is 127. The van der Waals surface area contributed by atoms with Gasteiger partial charge in [0.1, 0.15) is 11.5 Å². The Bertz CT molecular complexity index is 784. The standard InChI is InChI=1S/C22H31N3O3.HI/c1-5-23-22(24-14-18-11-10-16(3)12-21(18)28-6-2)25-15-20(26)17-8-7-9-19(13-17)27-4;/h7-13,20,26H,5-6,14-15H2,1-4H3,(H2,23,24,25);1H. The molecule has 0 saturated heterocycles. The average Bonchev–Trinajstić information content (AvgIpc) is 2.71. The first-order chi connectivity index (χ1) is 13.6. The van der Waals surface area contributed by atoms with E-state index in [1.165, 1.54) is 0 Å². The molecule has 0 amide bonds. The van der Waals surface area contributed by atoms with Gasteiger partial charge in [0.15, 0.2) is 5.96 Å². The number of hydrogen-bond donors (Lipinski definition) is 3. The zero-order valence-corrected chi connectivity index (χ0v) is 19.9. The van der Waals surface area contributed by atoms with E-state index in [0.29, 0.717) is 25.7 Å². The molecule has 2 rings (SSSR count). The number of guanidine groups is 1. The van der Waals surface area contributed by atoms with Crippen molar-refractivity contribution in [1.82, 2.24) is 10.6 Å². The van der Waals surface area contributed by atoms with Crippen LogP contribution in [0, 0.1) is 6.92 Å². The van der Waals surface area contributed by atoms with Crippen LogP contribution in [0.4, 0.5) is 0 Å². The molecule has 6 nitrogen and oxygen atoms in total. The summed E-state index contributed by atoms with van der Waals surface area (Å²) in [5.41, 5.74) is 2.97. The smallest absolute Gasteiger partial charge is 0.191 e. The molecule has 1 atom stereocenters. The van der Waals surface area contributed by atoms with Crippen LogP contribution in [-0.4, -0.2) is 37.9 Å². The minimum absolute atomic E-state index is 0. The number of halogens is 1. The van der Waals surface area contributed by atoms with Crippen LogP contribution in [0.15, 0.2) is 47.5 Å². The van der Waals surface area contributed by atoms with Gasteiger partial charge in [-0.25, -0.2) is 4.99 Å². The van der Waals surface area contributed by atoms with Crippen LogP contribution in [-0.2, 0) is 6.54 Å². The average molecular weight is 513 g/mol. The zero-order chi connectivity index (χ0) is 20.4. The number of aliphatic imine (C=N–C) groups is 1. The molecular weight excluding hydrogens is 481 g/mol. The second-order valence-corrected chi connectivity index (χ2v) is 6.41. The molecule has 0 aliphatic heterocycles. The second kappa shape index (κ2) is 13.3. The summed E-state index contributed by atoms with van der Waals surface area (Å²) in [7, 11) is 1.61. The lowest BCUT2D eigenvalue weighted by molar-refractivity contribution is 0.180. The van der Waals surface area contributed by atoms with Crippen LogP contribution in [0.5, 0.6) is 11.5 Å². The van der Waals surface area contributed by atoms with Crippen LogP contribution in [0.25, 0.3) is 0 Å². The fourth-order valence-electron chi connectivity index (χ4n) is 2.75. The van der Waals surface area contributed by atoms with Crippen molar-refractivity contribution in [3.05, 3.63) is 59.2 Å². The molecule has 2 aromatic carbocycles. The van der Waals surface area contributed by atoms with Gasteiger partial charge >= 0.3 is 0 Å². The molecule has 0 fully saturated rings. The zero-order valence-electron chi connectivity index (χ0n) is 17.6. The number of benzene rings is 2. The maximum Gasteiger partial charge on any atom is 0.191 e. The van der Waals surface area contributed by atoms with Crippen molar-refractivity contribution in [1.29, 1.82) is 0 Å². The Kier molecular flexibility index (Phi) is 11.5. The van der Waals surface area contributed by atoms with E-state index in [0.717, 1.165) is 34.7 Å². The highest BCUT2D eigenvalue weighted by molar-refractivity contribution is 14.0. The van der Waals surface area contributed by atoms with Gasteiger partial charge in [-0.2, -0.15) is 0 Å². The number of methoxy groups -OCH3 is 1. The van der Waals surface area contributed by atoms with Gasteiger partial charge in [0, 0.05) is 18.7 Å². The number of nitrogens with one attached hydrogen (secondary N) is 2. The largest absolute Gasteiger partial charge is 0.497 e. The lowest BCUT2D eigenvalue weighted by Gasteiger charge is -2.16. The summed E-state index contributed by atoms with van der Waals surface area (Å²) in [4.78, 5) is 4.63. The van der Waals surface area contributed by atoms with Gasteiger partial charge < -0.3 is 25.2 Å². The quantitative estimate of drug-likeness (QED) is 0.270. The Morgan fingerprint density at radius 3 is 2.62 bits per heavy atom. The number of ether oxygens (including phenoxy) is 2. The maximum atomic E-state index is 10.5. The third-order valence-electron chi connectivity index (χ3n) is 4.22. The Labute approximate surface area is 190 Å². The van der Waals surface area contributed by atoms with Crippen molar-refractivity contribution >= 4 is 29.9 Å². The predicted molar refractivity (Wildman–Crippen MR) is 129 cm³/mol. The summed E-state index contributed by atoms with van der Waals surface area (Å²) < 4.78 is 10.9. The fourth-order valence-corrected chi connectivity index (χ4v) is 2.75. The number of aliphatic hydroxyl groups excluding tert-OH is 1. The lowest BCUT2D eigenvalue weighted by Crippen LogP contribution is -2.39. The van der Waals surface area contributed by atoms with Crippen molar-refractivity contribution in [3.8, 4) is 11.5 Å². The molecule has 0 bridgehead atoms. The van der Waals surface area contributed by atoms with Crippen molar-refractivity contribution < 1.29 is 14.6 Å². The summed E-state index contributed by atoms with van der Waals surface area (Å²) in [6.45, 7) is 8.19. The normalized spacial score (nSPS) is 12.0. The number of aryl methyl sites for hydroxylation is 1. The number of rotatable bonds is 9. The van der Waals surface area contributed by atoms with Gasteiger partial charge in [-0.05, 0) is 50.1 Å². The van der Waals surface area contributed by atoms with Gasteiger partial charge in [-0.15, -0.1) is 24.0 Å². The lowest BCUT2D eigenvalue weighted by atomic mass is 10.1. The van der Waals surface area contributed by atoms with E-state index in [1.807, 2.05) is 57.2 Å². The topological polar surface area (TPSA) is 75.1 Å². The Morgan fingerprint density at radius 1 is 1.14 bits per heavy atom. The van der Waals surface area contributed by atoms with E-state index >= 15 is 0 Å². The first-order valence-electron chi connectivity index (χ1n) is 9.63. The molecule has 0 radical (unpaired) electrons. The molecule has 0 saturated carbocycles. The molecule has 0 aromatic heterocycles. The molecule has 0 aliphatic rings. The summed E-state index contributed by atoms with van der Waals surface area (Å²) in [5.74, 6) is 2.23. The highest BCUT2D eigenvalue weighted by Gasteiger charge is 2.10. The Hall–Kier alpha value is -2.00. The monoisotopic (exact) mass is 513 g/mol. The molecule has 0 spiro atoms. The molecule has 0 heterocycles. The molecule has 1 unspecified atom stereocenters. The minimum Gasteiger partial charge on any atom is -0.497 e. The second-order valence-electron chi connectivity index (χ2n) is 6.41. The Morgan fingerprint density at radius 2 is 1.93 bits per heavy atom. The fraction of sp³-hybridized carbons (Fsp3) is 0.409. The van der Waals surface area contributed by atoms with Crippen LogP contribution in [0.3, 0.4) is 0 Å². The molecule has 3 N–H and O–H groups in total. The summed E-state index contributed by atoms with van der Waals surface area (Å²) >= 11 is 0. The van der Waals surface area contributed by atoms with E-state index in [4.69, 9.17) is 9.47 Å². The summed E-state index contributed by atoms with van der Waals surface area (Å²) in [5, 5.41) is 16.9. The Balaban J connectivity index is 0.00000420. The van der Waals surface area contributed by atoms with Crippen molar-refractivity contribution in [3.63, 3.8) is 0 Å². The summed E-state index contributed by atoms with van der Waals surface area (Å²) in [6.07, 6.45) is -0.669. The molecule has 160 valence electrons. The van der Waals surface area contributed by atoms with Gasteiger partial charge in [-0.3, -0.25) is 0 Å². The van der Waals surface area contributed by atoms with Gasteiger partial charge in [-0.1, -0.05) is 24.3 Å². The van der Waals surface area contributed by atoms with Crippen LogP contribution < -0.4 is 20.1 Å². The third kappa shape index (κ3) is 8.10. The third-order valence-corrected chi connectivity index (χ3v) is 4.22. The van der Waals surface area contributed by atoms with Gasteiger partial charge in [0.2, 0.25) is 0 Å². The predicted octanol–water partition coefficient (Wildman–Crippen LogP) is 3.81. The number of hydrogen-bond acceptors (Lipinski definition) is 4. The van der Waals surface area contributed by atoms with E-state index in [2.05, 4.69) is 21.7 Å². The molecule has 2 aromatic rings. The first-order valence-corrected chi connectivity index (χ1v) is 9.63. The van der Waals surface area contributed by atoms with E-state index in [9.17, 15) is 5.11 Å². The van der Waals surface area contributed by atoms with Crippen LogP contribution in [0.1, 0.15) is 36.6 Å². The number of aliphatic hydroxyl groups is 1. The molecular formula is C22H32IN3O3. The molecule has 7 heteroatoms. The maximum absolute atomic E-state index is 10.5. The first kappa shape index (κ1) is 25.0. The highest BCUT2D eigenvalue weighted by Crippen LogP contribution is 2.21. The van der Waals surface area contributed by atoms with E-state index in [1.54, 1.807) is 7.11 Å². The van der Waals surface area contributed by atoms with Gasteiger partial charge in [0.05, 0.1) is 26.4 Å². The van der Waals surface area contributed by atoms with Crippen LogP contribution in [0.2, 0.25) is 0 Å². The van der Waals surface area contributed by atoms with Crippen LogP contribution >= 0.6 is 24.0 Å². The van der Waals surface area contributed by atoms with E-state index in [-0.39, 0.29) is 24.0 Å². The SMILES string of the molecule is CCNC(=NCc1ccc(C)cc1OCC)NCC(O)c1cccc(OC)c1.I. The van der Waals surface area contributed by atoms with Gasteiger partial charge in [0.25, 0.3) is 0 Å². The van der Waals surface area contributed by atoms with Crippen molar-refractivity contribution in [2.75, 3.05) is 26.8 Å². The number of nitrogens with zero attached hydrogens (tertiary/aromatic N) is 1. The summed E-state index contributed by atoms with van der Waals surface area (Å²) in [6, 6.07) is 13.5. The van der Waals surface area contributed by atoms with Crippen molar-refractivity contribution in [2.24, 2.45) is 4.99 Å². The molecule has 29 heavy (non-hydrogen) atoms. The minimum atomic E-state index is -0.669. The van der Waals surface area contributed by atoms with E-state index < -0.39 is 6.10 Å².